The number of carboxylic acids is 2. The minimum atomic E-state index is -1.51. The zero-order valence-corrected chi connectivity index (χ0v) is 28.3. The average Bonchev–Trinajstić information content (AvgIpc) is 3.84. The Hall–Kier alpha value is -5.21. The zero-order chi connectivity index (χ0) is 37.6. The summed E-state index contributed by atoms with van der Waals surface area (Å²) >= 11 is 7.31. The van der Waals surface area contributed by atoms with Crippen molar-refractivity contribution in [2.45, 2.75) is 43.6 Å². The normalized spacial score (nSPS) is 21.5. The van der Waals surface area contributed by atoms with Gasteiger partial charge in [0, 0.05) is 36.3 Å². The van der Waals surface area contributed by atoms with E-state index >= 15 is 4.39 Å². The van der Waals surface area contributed by atoms with Crippen molar-refractivity contribution in [3.05, 3.63) is 61.4 Å². The molecule has 21 heteroatoms. The van der Waals surface area contributed by atoms with Crippen LogP contribution in [0, 0.1) is 5.82 Å². The van der Waals surface area contributed by atoms with Gasteiger partial charge >= 0.3 is 18.0 Å². The molecule has 4 aliphatic rings. The number of ether oxygens (including phenoxy) is 2. The minimum absolute atomic E-state index is 0.0184. The van der Waals surface area contributed by atoms with Gasteiger partial charge < -0.3 is 45.5 Å². The molecule has 1 aromatic heterocycles. The number of carboxylic acid groups (broad SMARTS) is 2. The van der Waals surface area contributed by atoms with Crippen molar-refractivity contribution in [3.63, 3.8) is 0 Å². The van der Waals surface area contributed by atoms with Crippen LogP contribution in [0.4, 0.5) is 19.3 Å². The van der Waals surface area contributed by atoms with Crippen LogP contribution in [0.2, 0.25) is 5.02 Å². The van der Waals surface area contributed by atoms with Crippen LogP contribution in [0.5, 0.6) is 0 Å². The molecule has 3 fully saturated rings. The van der Waals surface area contributed by atoms with E-state index in [1.165, 1.54) is 6.20 Å². The maximum absolute atomic E-state index is 15.5. The lowest BCUT2D eigenvalue weighted by atomic mass is 9.99. The standard InChI is InChI=1S/C31H29ClF2N6O11S/c32-20-23-15(25(42)16(29(45)46)7-39(23)14-1-2-14)5-17(33)24(20)38-4-3-13(6-38)36-31(49)51-9-12-8-50-28-21(27(44)40(28)22(12)30(47)48)37-19(41)11-52-10-18(34)26(35)43/h5,7,10,13-14,21,28H,1-4,6,8-9,11H2,(H2,35,43)(H,36,49)(H,37,41)(H,45,46)(H,47,48)/t13?,21-,28-/m1/s1. The zero-order valence-electron chi connectivity index (χ0n) is 26.7. The van der Waals surface area contributed by atoms with Crippen LogP contribution in [0.1, 0.15) is 35.7 Å². The van der Waals surface area contributed by atoms with Gasteiger partial charge in [0.1, 0.15) is 23.7 Å². The summed E-state index contributed by atoms with van der Waals surface area (Å²) in [5.74, 6) is -8.29. The van der Waals surface area contributed by atoms with Crippen LogP contribution in [0.25, 0.3) is 10.9 Å². The van der Waals surface area contributed by atoms with E-state index in [1.807, 2.05) is 0 Å². The molecule has 0 spiro atoms. The predicted octanol–water partition coefficient (Wildman–Crippen LogP) is 1.18. The van der Waals surface area contributed by atoms with Crippen LogP contribution >= 0.6 is 23.4 Å². The molecule has 276 valence electrons. The number of benzene rings is 1. The molecule has 3 aliphatic heterocycles. The van der Waals surface area contributed by atoms with E-state index in [9.17, 15) is 48.2 Å². The number of anilines is 1. The summed E-state index contributed by atoms with van der Waals surface area (Å²) in [4.78, 5) is 87.6. The van der Waals surface area contributed by atoms with E-state index in [1.54, 1.807) is 9.47 Å². The molecule has 17 nitrogen and oxygen atoms in total. The quantitative estimate of drug-likeness (QED) is 0.151. The third-order valence-electron chi connectivity index (χ3n) is 8.76. The Bertz CT molecular complexity index is 2050. The number of alkyl carbamates (subject to hydrolysis) is 1. The number of primary amides is 1. The number of fused-ring (bicyclic) bond motifs is 2. The molecule has 4 heterocycles. The number of hydrogen-bond donors (Lipinski definition) is 5. The summed E-state index contributed by atoms with van der Waals surface area (Å²) in [7, 11) is 0. The summed E-state index contributed by atoms with van der Waals surface area (Å²) in [5, 5.41) is 24.8. The maximum Gasteiger partial charge on any atom is 0.407 e. The van der Waals surface area contributed by atoms with Crippen molar-refractivity contribution in [1.82, 2.24) is 20.1 Å². The van der Waals surface area contributed by atoms with E-state index in [0.717, 1.165) is 29.2 Å². The highest BCUT2D eigenvalue weighted by molar-refractivity contribution is 8.02. The second-order valence-electron chi connectivity index (χ2n) is 12.2. The third-order valence-corrected chi connectivity index (χ3v) is 9.92. The van der Waals surface area contributed by atoms with Gasteiger partial charge in [-0.25, -0.2) is 23.2 Å². The van der Waals surface area contributed by atoms with Gasteiger partial charge in [0.15, 0.2) is 18.1 Å². The molecule has 1 saturated carbocycles. The Morgan fingerprint density at radius 2 is 1.87 bits per heavy atom. The topological polar surface area (TPSA) is 240 Å². The Morgan fingerprint density at radius 1 is 1.13 bits per heavy atom. The maximum atomic E-state index is 15.5. The fraction of sp³-hybridized carbons (Fsp3) is 0.387. The molecule has 1 aliphatic carbocycles. The molecule has 1 aromatic carbocycles. The number of pyridine rings is 1. The van der Waals surface area contributed by atoms with Gasteiger partial charge in [0.25, 0.3) is 11.8 Å². The number of rotatable bonds is 12. The van der Waals surface area contributed by atoms with Crippen LogP contribution < -0.4 is 26.7 Å². The van der Waals surface area contributed by atoms with Crippen molar-refractivity contribution >= 4 is 75.7 Å². The molecule has 52 heavy (non-hydrogen) atoms. The van der Waals surface area contributed by atoms with E-state index in [0.29, 0.717) is 18.2 Å². The molecular formula is C31H29ClF2N6O11S. The lowest BCUT2D eigenvalue weighted by Gasteiger charge is -2.49. The summed E-state index contributed by atoms with van der Waals surface area (Å²) in [6.45, 7) is -0.621. The first kappa shape index (κ1) is 36.6. The van der Waals surface area contributed by atoms with Gasteiger partial charge in [0.2, 0.25) is 11.3 Å². The molecule has 6 rings (SSSR count). The van der Waals surface area contributed by atoms with Crippen molar-refractivity contribution in [3.8, 4) is 0 Å². The first-order valence-corrected chi connectivity index (χ1v) is 17.0. The van der Waals surface area contributed by atoms with Gasteiger partial charge in [-0.3, -0.25) is 24.1 Å². The number of nitrogens with zero attached hydrogens (tertiary/aromatic N) is 3. The predicted molar refractivity (Wildman–Crippen MR) is 178 cm³/mol. The lowest BCUT2D eigenvalue weighted by molar-refractivity contribution is -0.185. The second kappa shape index (κ2) is 14.4. The second-order valence-corrected chi connectivity index (χ2v) is 13.5. The van der Waals surface area contributed by atoms with Gasteiger partial charge in [-0.05, 0) is 25.3 Å². The Kier molecular flexibility index (Phi) is 10.1. The molecule has 0 radical (unpaired) electrons. The van der Waals surface area contributed by atoms with Crippen molar-refractivity contribution in [2.24, 2.45) is 5.73 Å². The first-order valence-electron chi connectivity index (χ1n) is 15.6. The number of β-lactam (4-membered cyclic amide) rings is 1. The molecule has 4 amide bonds. The monoisotopic (exact) mass is 766 g/mol. The average molecular weight is 767 g/mol. The summed E-state index contributed by atoms with van der Waals surface area (Å²) < 4.78 is 41.1. The highest BCUT2D eigenvalue weighted by Crippen LogP contribution is 2.43. The smallest absolute Gasteiger partial charge is 0.407 e. The molecule has 0 bridgehead atoms. The number of aliphatic carboxylic acids is 1. The van der Waals surface area contributed by atoms with E-state index in [-0.39, 0.29) is 58.7 Å². The van der Waals surface area contributed by atoms with Crippen molar-refractivity contribution in [2.75, 3.05) is 37.0 Å². The molecule has 3 atom stereocenters. The fourth-order valence-corrected chi connectivity index (χ4v) is 7.20. The SMILES string of the molecule is NC(=O)C(F)=CSCC(=O)N[C@@H]1C(=O)N2C(C(=O)O)=C(COC(=O)NC3CCN(c4c(F)cc5c(=O)c(C(=O)O)cn(C6CC6)c5c4Cl)C3)CO[C@H]12. The summed E-state index contributed by atoms with van der Waals surface area (Å²) in [6.07, 6.45) is 0.888. The van der Waals surface area contributed by atoms with Crippen LogP contribution in [0.15, 0.2) is 39.6 Å². The third kappa shape index (κ3) is 7.00. The molecule has 1 unspecified atom stereocenters. The molecular weight excluding hydrogens is 738 g/mol. The number of carbonyl (C=O) groups is 6. The highest BCUT2D eigenvalue weighted by Gasteiger charge is 2.55. The summed E-state index contributed by atoms with van der Waals surface area (Å²) in [5.41, 5.74) is 3.07. The van der Waals surface area contributed by atoms with Crippen LogP contribution in [-0.2, 0) is 28.7 Å². The highest BCUT2D eigenvalue weighted by atomic mass is 35.5. The fourth-order valence-electron chi connectivity index (χ4n) is 6.21. The van der Waals surface area contributed by atoms with Crippen LogP contribution in [0.3, 0.4) is 0 Å². The largest absolute Gasteiger partial charge is 0.477 e. The number of nitrogens with two attached hydrogens (primary N) is 1. The van der Waals surface area contributed by atoms with Crippen LogP contribution in [-0.4, -0.2) is 106 Å². The van der Waals surface area contributed by atoms with Crippen molar-refractivity contribution < 1.29 is 57.2 Å². The lowest BCUT2D eigenvalue weighted by Crippen LogP contribution is -2.73. The number of aromatic nitrogens is 1. The summed E-state index contributed by atoms with van der Waals surface area (Å²) in [6, 6.07) is -0.939. The van der Waals surface area contributed by atoms with Crippen molar-refractivity contribution in [1.29, 1.82) is 0 Å². The number of halogens is 3. The number of nitrogens with one attached hydrogen (secondary N) is 2. The first-order chi connectivity index (χ1) is 24.7. The van der Waals surface area contributed by atoms with Gasteiger partial charge in [-0.2, -0.15) is 0 Å². The van der Waals surface area contributed by atoms with Gasteiger partial charge in [-0.1, -0.05) is 11.6 Å². The van der Waals surface area contributed by atoms with E-state index < -0.39 is 89.0 Å². The Morgan fingerprint density at radius 3 is 2.52 bits per heavy atom. The minimum Gasteiger partial charge on any atom is -0.477 e. The number of carbonyl (C=O) groups excluding carboxylic acids is 4. The molecule has 2 aromatic rings. The number of amides is 4. The Balaban J connectivity index is 1.07. The van der Waals surface area contributed by atoms with E-state index in [2.05, 4.69) is 10.6 Å². The number of hydrogen-bond acceptors (Lipinski definition) is 11. The number of thioether (sulfide) groups is 1. The van der Waals surface area contributed by atoms with Gasteiger partial charge in [0.05, 0.1) is 40.0 Å². The Labute approximate surface area is 300 Å². The number of aromatic carboxylic acids is 1. The van der Waals surface area contributed by atoms with E-state index in [4.69, 9.17) is 26.8 Å². The molecule has 2 saturated heterocycles. The van der Waals surface area contributed by atoms with Gasteiger partial charge in [-0.15, -0.1) is 11.8 Å². The molecule has 6 N–H and O–H groups in total.